The Morgan fingerprint density at radius 1 is 1.31 bits per heavy atom. The van der Waals surface area contributed by atoms with Gasteiger partial charge in [-0.25, -0.2) is 0 Å². The van der Waals surface area contributed by atoms with Crippen molar-refractivity contribution in [1.82, 2.24) is 10.3 Å². The summed E-state index contributed by atoms with van der Waals surface area (Å²) in [6.07, 6.45) is 1.65. The highest BCUT2D eigenvalue weighted by atomic mass is 35.5. The third-order valence-electron chi connectivity index (χ3n) is 4.35. The Kier molecular flexibility index (Phi) is 6.64. The number of nitrogens with one attached hydrogen (secondary N) is 1. The summed E-state index contributed by atoms with van der Waals surface area (Å²) in [5.41, 5.74) is 2.43. The zero-order valence-corrected chi connectivity index (χ0v) is 15.6. The molecule has 1 N–H and O–H groups in total. The lowest BCUT2D eigenvalue weighted by atomic mass is 10.1. The van der Waals surface area contributed by atoms with Gasteiger partial charge in [-0.2, -0.15) is 5.26 Å². The van der Waals surface area contributed by atoms with Gasteiger partial charge < -0.3 is 19.7 Å². The van der Waals surface area contributed by atoms with E-state index in [0.717, 1.165) is 62.7 Å². The minimum atomic E-state index is 0. The molecule has 0 unspecified atom stereocenters. The standard InChI is InChI=1S/C15H15ClN4.C4H8O2/c1-10-9-20(5-4-18-10)15-11(7-17)8-19-14-3-2-12(16)6-13(14)15;1-2-6-4-3-5-1/h2-3,6,8,10,18H,4-5,9H2,1H3;1-4H2/p+1/t10-;/m0./s1. The van der Waals surface area contributed by atoms with Crippen LogP contribution >= 0.6 is 11.6 Å². The number of fused-ring (bicyclic) bond motifs is 1. The quantitative estimate of drug-likeness (QED) is 0.826. The number of nitrogens with zero attached hydrogens (tertiary/aromatic N) is 3. The topological polar surface area (TPSA) is 70.4 Å². The molecule has 6 nitrogen and oxygen atoms in total. The van der Waals surface area contributed by atoms with E-state index in [1.165, 1.54) is 0 Å². The van der Waals surface area contributed by atoms with Gasteiger partial charge in [0.2, 0.25) is 0 Å². The van der Waals surface area contributed by atoms with Crippen molar-refractivity contribution in [1.29, 1.82) is 5.26 Å². The number of piperazine rings is 1. The fourth-order valence-electron chi connectivity index (χ4n) is 3.15. The molecule has 1 atom stereocenters. The van der Waals surface area contributed by atoms with Crippen LogP contribution < -0.4 is 10.2 Å². The average Bonchev–Trinajstić information content (AvgIpc) is 2.68. The zero-order chi connectivity index (χ0) is 18.4. The zero-order valence-electron chi connectivity index (χ0n) is 15.9. The molecule has 7 heteroatoms. The summed E-state index contributed by atoms with van der Waals surface area (Å²) < 4.78 is 9.89. The van der Waals surface area contributed by atoms with Gasteiger partial charge in [0.1, 0.15) is 6.07 Å². The maximum atomic E-state index is 9.38. The van der Waals surface area contributed by atoms with Crippen molar-refractivity contribution in [2.75, 3.05) is 51.0 Å². The Morgan fingerprint density at radius 3 is 2.65 bits per heavy atom. The van der Waals surface area contributed by atoms with Crippen LogP contribution in [0, 0.1) is 11.3 Å². The molecule has 0 amide bonds. The van der Waals surface area contributed by atoms with Crippen molar-refractivity contribution in [3.63, 3.8) is 0 Å². The molecule has 138 valence electrons. The lowest BCUT2D eigenvalue weighted by molar-refractivity contribution is -0.0334. The van der Waals surface area contributed by atoms with Gasteiger partial charge >= 0.3 is 1.43 Å². The Morgan fingerprint density at radius 2 is 2.04 bits per heavy atom. The van der Waals surface area contributed by atoms with E-state index >= 15 is 0 Å². The molecule has 2 fully saturated rings. The molecule has 2 aliphatic rings. The van der Waals surface area contributed by atoms with Crippen molar-refractivity contribution in [3.05, 3.63) is 35.0 Å². The minimum absolute atomic E-state index is 0. The fraction of sp³-hybridized carbons (Fsp3) is 0.474. The number of anilines is 1. The van der Waals surface area contributed by atoms with E-state index in [1.54, 1.807) is 6.20 Å². The molecule has 0 aliphatic carbocycles. The second-order valence-corrected chi connectivity index (χ2v) is 6.76. The number of nitriles is 1. The molecule has 0 bridgehead atoms. The molecule has 2 aromatic rings. The number of halogens is 1. The van der Waals surface area contributed by atoms with E-state index in [1.807, 2.05) is 18.2 Å². The van der Waals surface area contributed by atoms with Crippen molar-refractivity contribution in [2.45, 2.75) is 13.0 Å². The summed E-state index contributed by atoms with van der Waals surface area (Å²) in [6, 6.07) is 8.27. The van der Waals surface area contributed by atoms with E-state index in [2.05, 4.69) is 28.2 Å². The maximum Gasteiger partial charge on any atom is 1.00 e. The first-order valence-electron chi connectivity index (χ1n) is 8.81. The van der Waals surface area contributed by atoms with Crippen LogP contribution in [0.15, 0.2) is 24.4 Å². The van der Waals surface area contributed by atoms with Crippen LogP contribution in [0.3, 0.4) is 0 Å². The number of aromatic nitrogens is 1. The highest BCUT2D eigenvalue weighted by molar-refractivity contribution is 6.31. The van der Waals surface area contributed by atoms with Crippen LogP contribution in [0.5, 0.6) is 0 Å². The average molecular weight is 376 g/mol. The largest absolute Gasteiger partial charge is 1.00 e. The van der Waals surface area contributed by atoms with Crippen molar-refractivity contribution < 1.29 is 10.9 Å². The number of hydrogen-bond donors (Lipinski definition) is 1. The van der Waals surface area contributed by atoms with Gasteiger partial charge in [-0.05, 0) is 25.1 Å². The maximum absolute atomic E-state index is 9.38. The Hall–Kier alpha value is -1.91. The predicted molar refractivity (Wildman–Crippen MR) is 104 cm³/mol. The molecule has 4 rings (SSSR count). The monoisotopic (exact) mass is 375 g/mol. The first kappa shape index (κ1) is 18.9. The first-order chi connectivity index (χ1) is 12.7. The van der Waals surface area contributed by atoms with Crippen molar-refractivity contribution in [2.24, 2.45) is 0 Å². The summed E-state index contributed by atoms with van der Waals surface area (Å²) in [5.74, 6) is 0. The number of rotatable bonds is 1. The van der Waals surface area contributed by atoms with E-state index < -0.39 is 0 Å². The SMILES string of the molecule is C1COCCO1.C[C@H]1CN(c2c(C#N)cnc3ccc(Cl)cc23)CCN1.[H+]. The highest BCUT2D eigenvalue weighted by Gasteiger charge is 2.21. The van der Waals surface area contributed by atoms with Crippen LogP contribution in [0.2, 0.25) is 5.02 Å². The molecular formula is C19H24ClN4O2+. The normalized spacial score (nSPS) is 20.2. The fourth-order valence-corrected chi connectivity index (χ4v) is 3.32. The molecule has 0 spiro atoms. The lowest BCUT2D eigenvalue weighted by Crippen LogP contribution is -2.49. The van der Waals surface area contributed by atoms with Gasteiger partial charge in [0.15, 0.2) is 0 Å². The second kappa shape index (κ2) is 9.15. The second-order valence-electron chi connectivity index (χ2n) is 6.32. The summed E-state index contributed by atoms with van der Waals surface area (Å²) in [6.45, 7) is 7.93. The van der Waals surface area contributed by atoms with Gasteiger partial charge in [0.05, 0.1) is 43.2 Å². The molecule has 2 aliphatic heterocycles. The summed E-state index contributed by atoms with van der Waals surface area (Å²) in [7, 11) is 0. The molecule has 1 aromatic heterocycles. The number of ether oxygens (including phenoxy) is 2. The Bertz CT molecular complexity index is 784. The van der Waals surface area contributed by atoms with Crippen LogP contribution in [-0.4, -0.2) is 57.1 Å². The van der Waals surface area contributed by atoms with Gasteiger partial charge in [-0.15, -0.1) is 0 Å². The van der Waals surface area contributed by atoms with Gasteiger partial charge in [-0.3, -0.25) is 4.98 Å². The van der Waals surface area contributed by atoms with Crippen molar-refractivity contribution >= 4 is 28.2 Å². The summed E-state index contributed by atoms with van der Waals surface area (Å²) >= 11 is 6.11. The van der Waals surface area contributed by atoms with E-state index in [-0.39, 0.29) is 1.43 Å². The number of benzene rings is 1. The van der Waals surface area contributed by atoms with Gasteiger partial charge in [-0.1, -0.05) is 11.6 Å². The minimum Gasteiger partial charge on any atom is -0.377 e. The smallest absolute Gasteiger partial charge is 0.377 e. The molecule has 2 saturated heterocycles. The van der Waals surface area contributed by atoms with Crippen molar-refractivity contribution in [3.8, 4) is 6.07 Å². The predicted octanol–water partition coefficient (Wildman–Crippen LogP) is 2.70. The number of hydrogen-bond acceptors (Lipinski definition) is 6. The van der Waals surface area contributed by atoms with Crippen LogP contribution in [0.1, 0.15) is 13.9 Å². The number of pyridine rings is 1. The third-order valence-corrected chi connectivity index (χ3v) is 4.59. The first-order valence-corrected chi connectivity index (χ1v) is 9.19. The van der Waals surface area contributed by atoms with Crippen LogP contribution in [-0.2, 0) is 9.47 Å². The Balaban J connectivity index is 0.000000320. The Labute approximate surface area is 160 Å². The van der Waals surface area contributed by atoms with Crippen LogP contribution in [0.25, 0.3) is 10.9 Å². The van der Waals surface area contributed by atoms with Gasteiger partial charge in [0, 0.05) is 42.3 Å². The van der Waals surface area contributed by atoms with Gasteiger partial charge in [0.25, 0.3) is 0 Å². The van der Waals surface area contributed by atoms with Crippen LogP contribution in [0.4, 0.5) is 5.69 Å². The van der Waals surface area contributed by atoms with E-state index in [9.17, 15) is 5.26 Å². The molecular weight excluding hydrogens is 352 g/mol. The third kappa shape index (κ3) is 4.63. The molecule has 0 saturated carbocycles. The molecule has 26 heavy (non-hydrogen) atoms. The lowest BCUT2D eigenvalue weighted by Gasteiger charge is -2.34. The summed E-state index contributed by atoms with van der Waals surface area (Å²) in [4.78, 5) is 6.59. The molecule has 1 aromatic carbocycles. The molecule has 0 radical (unpaired) electrons. The van der Waals surface area contributed by atoms with E-state index in [4.69, 9.17) is 21.1 Å². The summed E-state index contributed by atoms with van der Waals surface area (Å²) in [5, 5.41) is 14.4. The molecule has 3 heterocycles. The van der Waals surface area contributed by atoms with E-state index in [0.29, 0.717) is 16.6 Å². The highest BCUT2D eigenvalue weighted by Crippen LogP contribution is 2.31.